The second-order valence-corrected chi connectivity index (χ2v) is 8.36. The summed E-state index contributed by atoms with van der Waals surface area (Å²) >= 11 is 0. The molecule has 2 aliphatic heterocycles. The van der Waals surface area contributed by atoms with E-state index in [2.05, 4.69) is 10.8 Å². The largest absolute Gasteiger partial charge is 0.534 e. The van der Waals surface area contributed by atoms with Crippen LogP contribution in [0.1, 0.15) is 40.0 Å². The molecule has 0 radical (unpaired) electrons. The molecule has 1 fully saturated rings. The van der Waals surface area contributed by atoms with Crippen LogP contribution in [-0.2, 0) is 23.8 Å². The van der Waals surface area contributed by atoms with Crippen LogP contribution in [0.15, 0.2) is 24.5 Å². The standard InChI is InChI=1S/C16H23F3O5S/c1-10(2)22-14-15(8-6-13(23-14)9-11(15)3)7-5-12(4)24-25(20,21)16(17,18)19/h6,8,10-11,13-14H,4-5,7,9H2,1-3H3/t11?,13-,14-,15?/m1/s1. The summed E-state index contributed by atoms with van der Waals surface area (Å²) in [5, 5.41) is 0. The van der Waals surface area contributed by atoms with Gasteiger partial charge in [-0.3, -0.25) is 0 Å². The van der Waals surface area contributed by atoms with E-state index >= 15 is 0 Å². The summed E-state index contributed by atoms with van der Waals surface area (Å²) in [6, 6.07) is 0. The molecule has 0 aromatic heterocycles. The third-order valence-corrected chi connectivity index (χ3v) is 5.63. The second kappa shape index (κ2) is 6.92. The number of alkyl halides is 3. The first-order valence-corrected chi connectivity index (χ1v) is 9.47. The molecule has 0 aromatic rings. The Morgan fingerprint density at radius 2 is 2.08 bits per heavy atom. The van der Waals surface area contributed by atoms with E-state index in [1.807, 2.05) is 32.9 Å². The molecule has 4 atom stereocenters. The molecule has 2 bridgehead atoms. The minimum Gasteiger partial charge on any atom is -0.381 e. The molecule has 0 spiro atoms. The first kappa shape index (κ1) is 20.3. The van der Waals surface area contributed by atoms with Crippen LogP contribution in [0.4, 0.5) is 13.2 Å². The van der Waals surface area contributed by atoms with Crippen LogP contribution in [0.5, 0.6) is 0 Å². The van der Waals surface area contributed by atoms with E-state index < -0.39 is 33.1 Å². The lowest BCUT2D eigenvalue weighted by Gasteiger charge is -2.52. The van der Waals surface area contributed by atoms with Gasteiger partial charge in [-0.15, -0.1) is 0 Å². The average molecular weight is 384 g/mol. The molecular weight excluding hydrogens is 361 g/mol. The SMILES string of the molecule is C=C(CCC12C=C[C@H](CC1C)O[C@H]2OC(C)C)OS(=O)(=O)C(F)(F)F. The quantitative estimate of drug-likeness (QED) is 0.289. The third-order valence-electron chi connectivity index (χ3n) is 4.61. The van der Waals surface area contributed by atoms with Crippen LogP contribution in [0.25, 0.3) is 0 Å². The molecule has 0 amide bonds. The zero-order valence-corrected chi connectivity index (χ0v) is 15.2. The van der Waals surface area contributed by atoms with E-state index in [9.17, 15) is 21.6 Å². The highest BCUT2D eigenvalue weighted by atomic mass is 32.2. The van der Waals surface area contributed by atoms with Crippen molar-refractivity contribution in [3.8, 4) is 0 Å². The van der Waals surface area contributed by atoms with Gasteiger partial charge < -0.3 is 13.7 Å². The van der Waals surface area contributed by atoms with Gasteiger partial charge in [0.2, 0.25) is 0 Å². The van der Waals surface area contributed by atoms with Crippen molar-refractivity contribution in [1.82, 2.24) is 0 Å². The van der Waals surface area contributed by atoms with Gasteiger partial charge in [-0.2, -0.15) is 21.6 Å². The maximum Gasteiger partial charge on any atom is 0.534 e. The Balaban J connectivity index is 2.09. The molecule has 5 nitrogen and oxygen atoms in total. The minimum absolute atomic E-state index is 0.0503. The molecule has 1 saturated heterocycles. The lowest BCUT2D eigenvalue weighted by Crippen LogP contribution is -2.53. The van der Waals surface area contributed by atoms with Crippen molar-refractivity contribution in [2.75, 3.05) is 0 Å². The molecule has 0 saturated carbocycles. The molecule has 1 aliphatic carbocycles. The van der Waals surface area contributed by atoms with Crippen LogP contribution in [0.2, 0.25) is 0 Å². The first-order chi connectivity index (χ1) is 11.4. The highest BCUT2D eigenvalue weighted by Crippen LogP contribution is 2.51. The van der Waals surface area contributed by atoms with Gasteiger partial charge in [0.25, 0.3) is 0 Å². The van der Waals surface area contributed by atoms with Crippen LogP contribution < -0.4 is 0 Å². The smallest absolute Gasteiger partial charge is 0.381 e. The number of fused-ring (bicyclic) bond motifs is 2. The van der Waals surface area contributed by atoms with E-state index in [4.69, 9.17) is 9.47 Å². The Morgan fingerprint density at radius 3 is 2.60 bits per heavy atom. The fourth-order valence-corrected chi connectivity index (χ4v) is 3.74. The Bertz CT molecular complexity index is 641. The van der Waals surface area contributed by atoms with Gasteiger partial charge in [0.15, 0.2) is 6.29 Å². The van der Waals surface area contributed by atoms with E-state index in [1.54, 1.807) is 0 Å². The lowest BCUT2D eigenvalue weighted by atomic mass is 9.65. The summed E-state index contributed by atoms with van der Waals surface area (Å²) in [6.45, 7) is 9.07. The van der Waals surface area contributed by atoms with Gasteiger partial charge in [-0.05, 0) is 32.6 Å². The molecule has 2 unspecified atom stereocenters. The highest BCUT2D eigenvalue weighted by molar-refractivity contribution is 7.87. The van der Waals surface area contributed by atoms with Gasteiger partial charge in [-0.25, -0.2) is 0 Å². The van der Waals surface area contributed by atoms with Crippen molar-refractivity contribution in [2.45, 2.75) is 64.0 Å². The van der Waals surface area contributed by atoms with Crippen molar-refractivity contribution in [1.29, 1.82) is 0 Å². The van der Waals surface area contributed by atoms with Gasteiger partial charge in [0.05, 0.1) is 12.2 Å². The number of rotatable bonds is 7. The topological polar surface area (TPSA) is 61.8 Å². The summed E-state index contributed by atoms with van der Waals surface area (Å²) in [5.74, 6) is -0.296. The van der Waals surface area contributed by atoms with Gasteiger partial charge in [0.1, 0.15) is 5.76 Å². The maximum absolute atomic E-state index is 12.4. The zero-order valence-electron chi connectivity index (χ0n) is 14.4. The third kappa shape index (κ3) is 4.20. The fraction of sp³-hybridized carbons (Fsp3) is 0.750. The van der Waals surface area contributed by atoms with E-state index in [0.717, 1.165) is 6.42 Å². The predicted molar refractivity (Wildman–Crippen MR) is 84.7 cm³/mol. The van der Waals surface area contributed by atoms with Crippen LogP contribution in [0.3, 0.4) is 0 Å². The van der Waals surface area contributed by atoms with Crippen molar-refractivity contribution in [3.63, 3.8) is 0 Å². The minimum atomic E-state index is -5.69. The molecule has 144 valence electrons. The predicted octanol–water partition coefficient (Wildman–Crippen LogP) is 3.88. The van der Waals surface area contributed by atoms with Gasteiger partial charge >= 0.3 is 15.6 Å². The molecule has 0 aromatic carbocycles. The molecule has 3 aliphatic rings. The average Bonchev–Trinajstić information content (AvgIpc) is 2.44. The highest BCUT2D eigenvalue weighted by Gasteiger charge is 2.52. The number of ether oxygens (including phenoxy) is 2. The molecule has 2 heterocycles. The number of halogens is 3. The summed E-state index contributed by atoms with van der Waals surface area (Å²) in [4.78, 5) is 0. The molecule has 3 rings (SSSR count). The molecule has 25 heavy (non-hydrogen) atoms. The van der Waals surface area contributed by atoms with E-state index in [-0.39, 0.29) is 24.5 Å². The van der Waals surface area contributed by atoms with Crippen LogP contribution in [-0.4, -0.2) is 32.4 Å². The molecule has 0 N–H and O–H groups in total. The van der Waals surface area contributed by atoms with Gasteiger partial charge in [-0.1, -0.05) is 25.7 Å². The molecule has 9 heteroatoms. The summed E-state index contributed by atoms with van der Waals surface area (Å²) < 4.78 is 75.2. The monoisotopic (exact) mass is 384 g/mol. The zero-order chi connectivity index (χ0) is 19.0. The van der Waals surface area contributed by atoms with Crippen LogP contribution >= 0.6 is 0 Å². The van der Waals surface area contributed by atoms with Crippen molar-refractivity contribution < 1.29 is 35.2 Å². The lowest BCUT2D eigenvalue weighted by molar-refractivity contribution is -0.272. The van der Waals surface area contributed by atoms with Crippen LogP contribution in [0, 0.1) is 11.3 Å². The summed E-state index contributed by atoms with van der Waals surface area (Å²) in [7, 11) is -5.69. The maximum atomic E-state index is 12.4. The number of hydrogen-bond acceptors (Lipinski definition) is 5. The van der Waals surface area contributed by atoms with Gasteiger partial charge in [0, 0.05) is 11.8 Å². The Hall–Kier alpha value is -1.06. The van der Waals surface area contributed by atoms with Crippen molar-refractivity contribution >= 4 is 10.1 Å². The number of hydrogen-bond donors (Lipinski definition) is 0. The first-order valence-electron chi connectivity index (χ1n) is 8.06. The summed E-state index contributed by atoms with van der Waals surface area (Å²) in [5.41, 5.74) is -6.04. The Labute approximate surface area is 145 Å². The molecular formula is C16H23F3O5S. The van der Waals surface area contributed by atoms with Crippen molar-refractivity contribution in [2.24, 2.45) is 11.3 Å². The van der Waals surface area contributed by atoms with E-state index in [1.165, 1.54) is 0 Å². The van der Waals surface area contributed by atoms with E-state index in [0.29, 0.717) is 6.42 Å². The second-order valence-electron chi connectivity index (χ2n) is 6.82. The van der Waals surface area contributed by atoms with Crippen molar-refractivity contribution in [3.05, 3.63) is 24.5 Å². The Kier molecular flexibility index (Phi) is 5.61. The summed E-state index contributed by atoms with van der Waals surface area (Å²) in [6.07, 6.45) is 4.21. The Morgan fingerprint density at radius 1 is 1.44 bits per heavy atom. The fourth-order valence-electron chi connectivity index (χ4n) is 3.25. The number of allylic oxidation sites excluding steroid dienone is 1. The normalized spacial score (nSPS) is 32.2.